The maximum atomic E-state index is 9.70. The molecule has 0 amide bonds. The van der Waals surface area contributed by atoms with Crippen LogP contribution in [0.3, 0.4) is 0 Å². The summed E-state index contributed by atoms with van der Waals surface area (Å²) in [7, 11) is 0. The highest BCUT2D eigenvalue weighted by Crippen LogP contribution is 2.43. The molecular weight excluding hydrogens is 384 g/mol. The summed E-state index contributed by atoms with van der Waals surface area (Å²) in [6.07, 6.45) is 24.8. The summed E-state index contributed by atoms with van der Waals surface area (Å²) in [6.45, 7) is 0. The van der Waals surface area contributed by atoms with E-state index in [1.165, 1.54) is 96.3 Å². The smallest absolute Gasteiger partial charge is 0.0571 e. The van der Waals surface area contributed by atoms with Gasteiger partial charge in [-0.05, 0) is 93.3 Å². The fraction of sp³-hybridized carbons (Fsp3) is 1.00. The molecule has 0 aromatic carbocycles. The highest BCUT2D eigenvalue weighted by atomic mass is 16.3. The van der Waals surface area contributed by atoms with Gasteiger partial charge in [0, 0.05) is 0 Å². The van der Waals surface area contributed by atoms with Crippen LogP contribution in [0, 0.1) is 35.5 Å². The lowest BCUT2D eigenvalue weighted by atomic mass is 9.69. The van der Waals surface area contributed by atoms with Crippen LogP contribution in [0.2, 0.25) is 0 Å². The molecule has 6 fully saturated rings. The van der Waals surface area contributed by atoms with Crippen LogP contribution < -0.4 is 0 Å². The van der Waals surface area contributed by atoms with Gasteiger partial charge in [0.1, 0.15) is 0 Å². The van der Waals surface area contributed by atoms with E-state index in [0.29, 0.717) is 11.8 Å². The van der Waals surface area contributed by atoms with E-state index in [0.717, 1.165) is 49.4 Å². The molecule has 0 saturated heterocycles. The van der Waals surface area contributed by atoms with Gasteiger partial charge in [-0.2, -0.15) is 0 Å². The van der Waals surface area contributed by atoms with E-state index in [9.17, 15) is 15.3 Å². The molecule has 0 heterocycles. The zero-order valence-electron chi connectivity index (χ0n) is 20.0. The summed E-state index contributed by atoms with van der Waals surface area (Å²) in [6, 6.07) is 0. The van der Waals surface area contributed by atoms with Crippen molar-refractivity contribution in [3.63, 3.8) is 0 Å². The van der Waals surface area contributed by atoms with E-state index in [2.05, 4.69) is 0 Å². The number of hydrogen-bond donors (Lipinski definition) is 3. The van der Waals surface area contributed by atoms with Crippen LogP contribution in [0.25, 0.3) is 0 Å². The molecule has 6 aliphatic rings. The Labute approximate surface area is 191 Å². The van der Waals surface area contributed by atoms with Gasteiger partial charge in [0.05, 0.1) is 18.3 Å². The quantitative estimate of drug-likeness (QED) is 0.423. The van der Waals surface area contributed by atoms with E-state index in [1.807, 2.05) is 0 Å². The van der Waals surface area contributed by atoms with Crippen LogP contribution in [-0.2, 0) is 0 Å². The zero-order chi connectivity index (χ0) is 21.6. The van der Waals surface area contributed by atoms with Crippen LogP contribution in [0.15, 0.2) is 0 Å². The lowest BCUT2D eigenvalue weighted by molar-refractivity contribution is 0.0105. The highest BCUT2D eigenvalue weighted by Gasteiger charge is 2.35. The molecule has 9 atom stereocenters. The second kappa shape index (κ2) is 11.8. The van der Waals surface area contributed by atoms with E-state index in [1.54, 1.807) is 0 Å². The molecule has 0 spiro atoms. The van der Waals surface area contributed by atoms with Gasteiger partial charge in [-0.1, -0.05) is 64.2 Å². The first-order chi connectivity index (χ1) is 15.1. The van der Waals surface area contributed by atoms with Crippen LogP contribution >= 0.6 is 0 Å². The third kappa shape index (κ3) is 6.48. The minimum Gasteiger partial charge on any atom is -0.393 e. The van der Waals surface area contributed by atoms with Gasteiger partial charge in [0.25, 0.3) is 0 Å². The summed E-state index contributed by atoms with van der Waals surface area (Å²) in [5.41, 5.74) is 0. The third-order valence-corrected chi connectivity index (χ3v) is 10.1. The van der Waals surface area contributed by atoms with Crippen LogP contribution in [-0.4, -0.2) is 33.6 Å². The largest absolute Gasteiger partial charge is 0.393 e. The molecule has 180 valence electrons. The Morgan fingerprint density at radius 3 is 1.45 bits per heavy atom. The Hall–Kier alpha value is -0.120. The lowest BCUT2D eigenvalue weighted by Crippen LogP contribution is -2.34. The van der Waals surface area contributed by atoms with E-state index < -0.39 is 0 Å². The molecular formula is C28H50O3. The molecule has 0 aromatic heterocycles. The second-order valence-corrected chi connectivity index (χ2v) is 12.0. The summed E-state index contributed by atoms with van der Waals surface area (Å²) >= 11 is 0. The van der Waals surface area contributed by atoms with Gasteiger partial charge < -0.3 is 15.3 Å². The Kier molecular flexibility index (Phi) is 9.17. The Balaban J connectivity index is 0.000000112. The molecule has 0 radical (unpaired) electrons. The SMILES string of the molecule is OC1CCC2CCCC2C1.OC1CCCC2CCCC12.OC1CCCC2CCCCC12. The fourth-order valence-electron chi connectivity index (χ4n) is 8.32. The van der Waals surface area contributed by atoms with Crippen molar-refractivity contribution in [2.75, 3.05) is 0 Å². The lowest BCUT2D eigenvalue weighted by Gasteiger charge is -2.38. The molecule has 0 bridgehead atoms. The van der Waals surface area contributed by atoms with Gasteiger partial charge in [-0.3, -0.25) is 0 Å². The molecule has 3 nitrogen and oxygen atoms in total. The van der Waals surface area contributed by atoms with E-state index in [-0.39, 0.29) is 18.3 Å². The van der Waals surface area contributed by atoms with Crippen LogP contribution in [0.5, 0.6) is 0 Å². The van der Waals surface area contributed by atoms with E-state index in [4.69, 9.17) is 0 Å². The van der Waals surface area contributed by atoms with Gasteiger partial charge >= 0.3 is 0 Å². The van der Waals surface area contributed by atoms with E-state index >= 15 is 0 Å². The summed E-state index contributed by atoms with van der Waals surface area (Å²) in [5.74, 6) is 5.02. The van der Waals surface area contributed by atoms with Gasteiger partial charge in [0.2, 0.25) is 0 Å². The van der Waals surface area contributed by atoms with Gasteiger partial charge in [-0.15, -0.1) is 0 Å². The predicted molar refractivity (Wildman–Crippen MR) is 127 cm³/mol. The Morgan fingerprint density at radius 1 is 0.355 bits per heavy atom. The second-order valence-electron chi connectivity index (χ2n) is 12.0. The first-order valence-corrected chi connectivity index (χ1v) is 14.2. The maximum absolute atomic E-state index is 9.70. The van der Waals surface area contributed by atoms with Crippen molar-refractivity contribution in [1.29, 1.82) is 0 Å². The Bertz CT molecular complexity index is 520. The summed E-state index contributed by atoms with van der Waals surface area (Å²) in [5, 5.41) is 28.6. The zero-order valence-corrected chi connectivity index (χ0v) is 20.0. The number of fused-ring (bicyclic) bond motifs is 3. The minimum atomic E-state index is 0.0411. The van der Waals surface area contributed by atoms with Crippen molar-refractivity contribution in [1.82, 2.24) is 0 Å². The molecule has 0 aliphatic heterocycles. The molecule has 6 saturated carbocycles. The first-order valence-electron chi connectivity index (χ1n) is 14.2. The first kappa shape index (κ1) is 24.0. The third-order valence-electron chi connectivity index (χ3n) is 10.1. The van der Waals surface area contributed by atoms with Crippen LogP contribution in [0.4, 0.5) is 0 Å². The van der Waals surface area contributed by atoms with Gasteiger partial charge in [0.15, 0.2) is 0 Å². The summed E-state index contributed by atoms with van der Waals surface area (Å²) in [4.78, 5) is 0. The molecule has 6 rings (SSSR count). The normalized spacial score (nSPS) is 46.4. The van der Waals surface area contributed by atoms with Crippen molar-refractivity contribution in [3.05, 3.63) is 0 Å². The molecule has 31 heavy (non-hydrogen) atoms. The number of hydrogen-bond acceptors (Lipinski definition) is 3. The molecule has 6 aliphatic carbocycles. The number of rotatable bonds is 0. The molecule has 9 unspecified atom stereocenters. The number of aliphatic hydroxyl groups excluding tert-OH is 3. The maximum Gasteiger partial charge on any atom is 0.0571 e. The standard InChI is InChI=1S/C10H18O.2C9H16O/c11-10-7-3-5-8-4-1-2-6-9(8)10;10-9-6-2-4-7-3-1-5-8(7)9;10-9-5-4-7-2-1-3-8(7)6-9/h8-11H,1-7H2;2*7-10H,1-6H2. The van der Waals surface area contributed by atoms with Crippen LogP contribution in [0.1, 0.15) is 122 Å². The average Bonchev–Trinajstić information content (AvgIpc) is 3.45. The fourth-order valence-corrected chi connectivity index (χ4v) is 8.32. The molecule has 3 heteroatoms. The van der Waals surface area contributed by atoms with Crippen molar-refractivity contribution < 1.29 is 15.3 Å². The number of aliphatic hydroxyl groups is 3. The summed E-state index contributed by atoms with van der Waals surface area (Å²) < 4.78 is 0. The highest BCUT2D eigenvalue weighted by molar-refractivity contribution is 4.87. The van der Waals surface area contributed by atoms with Crippen molar-refractivity contribution in [3.8, 4) is 0 Å². The molecule has 3 N–H and O–H groups in total. The van der Waals surface area contributed by atoms with Crippen molar-refractivity contribution in [2.45, 2.75) is 140 Å². The monoisotopic (exact) mass is 434 g/mol. The van der Waals surface area contributed by atoms with Crippen molar-refractivity contribution >= 4 is 0 Å². The minimum absolute atomic E-state index is 0.0411. The topological polar surface area (TPSA) is 60.7 Å². The predicted octanol–water partition coefficient (Wildman–Crippen LogP) is 6.23. The van der Waals surface area contributed by atoms with Crippen molar-refractivity contribution in [2.24, 2.45) is 35.5 Å². The molecule has 0 aromatic rings. The average molecular weight is 435 g/mol. The Morgan fingerprint density at radius 2 is 0.806 bits per heavy atom. The van der Waals surface area contributed by atoms with Gasteiger partial charge in [-0.25, -0.2) is 0 Å².